The van der Waals surface area contributed by atoms with E-state index in [4.69, 9.17) is 4.74 Å². The SMILES string of the molecule is CC(=O)c1ccc(S(=O)(=O)N(C)CC(=O)OC(C)C(=O)Nc2cccc3ncccc23)cc1. The Morgan fingerprint density at radius 2 is 1.76 bits per heavy atom. The Hall–Kier alpha value is -3.63. The Labute approximate surface area is 191 Å². The highest BCUT2D eigenvalue weighted by Crippen LogP contribution is 2.21. The minimum absolute atomic E-state index is 0.0712. The van der Waals surface area contributed by atoms with Crippen LogP contribution in [0.25, 0.3) is 10.9 Å². The summed E-state index contributed by atoms with van der Waals surface area (Å²) < 4.78 is 31.3. The van der Waals surface area contributed by atoms with Gasteiger partial charge >= 0.3 is 5.97 Å². The first kappa shape index (κ1) is 24.0. The van der Waals surface area contributed by atoms with Crippen LogP contribution in [0.5, 0.6) is 0 Å². The fourth-order valence-corrected chi connectivity index (χ4v) is 4.16. The van der Waals surface area contributed by atoms with E-state index in [1.54, 1.807) is 36.5 Å². The third-order valence-electron chi connectivity index (χ3n) is 4.90. The third-order valence-corrected chi connectivity index (χ3v) is 6.72. The third kappa shape index (κ3) is 5.60. The highest BCUT2D eigenvalue weighted by Gasteiger charge is 2.26. The predicted molar refractivity (Wildman–Crippen MR) is 122 cm³/mol. The maximum atomic E-state index is 12.7. The standard InChI is InChI=1S/C23H23N3O6S/c1-15(27)17-9-11-18(12-10-17)33(30,31)26(3)14-22(28)32-16(2)23(29)25-21-8-4-7-20-19(21)6-5-13-24-20/h4-13,16H,14H2,1-3H3,(H,25,29). The summed E-state index contributed by atoms with van der Waals surface area (Å²) in [5.74, 6) is -1.64. The molecule has 1 amide bonds. The number of esters is 1. The van der Waals surface area contributed by atoms with Crippen molar-refractivity contribution < 1.29 is 27.5 Å². The van der Waals surface area contributed by atoms with E-state index in [-0.39, 0.29) is 10.7 Å². The number of amides is 1. The number of anilines is 1. The van der Waals surface area contributed by atoms with Crippen molar-refractivity contribution in [2.45, 2.75) is 24.8 Å². The monoisotopic (exact) mass is 469 g/mol. The number of likely N-dealkylation sites (N-methyl/N-ethyl adjacent to an activating group) is 1. The van der Waals surface area contributed by atoms with Crippen molar-refractivity contribution >= 4 is 44.3 Å². The molecule has 0 aliphatic carbocycles. The molecule has 3 aromatic rings. The van der Waals surface area contributed by atoms with E-state index in [0.29, 0.717) is 16.8 Å². The summed E-state index contributed by atoms with van der Waals surface area (Å²) in [5, 5.41) is 3.43. The van der Waals surface area contributed by atoms with Gasteiger partial charge in [-0.15, -0.1) is 0 Å². The van der Waals surface area contributed by atoms with Gasteiger partial charge in [0.05, 0.1) is 16.1 Å². The Morgan fingerprint density at radius 3 is 2.42 bits per heavy atom. The molecule has 0 fully saturated rings. The van der Waals surface area contributed by atoms with E-state index >= 15 is 0 Å². The highest BCUT2D eigenvalue weighted by molar-refractivity contribution is 7.89. The summed E-state index contributed by atoms with van der Waals surface area (Å²) in [6.07, 6.45) is 0.482. The lowest BCUT2D eigenvalue weighted by molar-refractivity contribution is -0.153. The molecule has 1 unspecified atom stereocenters. The normalized spacial score (nSPS) is 12.4. The van der Waals surface area contributed by atoms with Gasteiger partial charge in [-0.1, -0.05) is 18.2 Å². The van der Waals surface area contributed by atoms with Gasteiger partial charge in [0, 0.05) is 24.2 Å². The molecule has 1 heterocycles. The maximum absolute atomic E-state index is 12.7. The number of nitrogens with zero attached hydrogens (tertiary/aromatic N) is 2. The maximum Gasteiger partial charge on any atom is 0.322 e. The number of hydrogen-bond donors (Lipinski definition) is 1. The summed E-state index contributed by atoms with van der Waals surface area (Å²) in [4.78, 5) is 40.3. The summed E-state index contributed by atoms with van der Waals surface area (Å²) >= 11 is 0. The van der Waals surface area contributed by atoms with Gasteiger partial charge < -0.3 is 10.1 Å². The molecule has 0 aliphatic heterocycles. The number of nitrogens with one attached hydrogen (secondary N) is 1. The van der Waals surface area contributed by atoms with Crippen LogP contribution in [-0.4, -0.2) is 55.1 Å². The van der Waals surface area contributed by atoms with Crippen molar-refractivity contribution in [2.75, 3.05) is 18.9 Å². The molecule has 3 rings (SSSR count). The summed E-state index contributed by atoms with van der Waals surface area (Å²) in [6, 6.07) is 14.2. The van der Waals surface area contributed by atoms with Crippen LogP contribution in [0, 0.1) is 0 Å². The molecule has 0 spiro atoms. The van der Waals surface area contributed by atoms with Gasteiger partial charge in [-0.25, -0.2) is 8.42 Å². The predicted octanol–water partition coefficient (Wildman–Crippen LogP) is 2.63. The number of ketones is 1. The first-order chi connectivity index (χ1) is 15.6. The van der Waals surface area contributed by atoms with Gasteiger partial charge in [0.15, 0.2) is 11.9 Å². The summed E-state index contributed by atoms with van der Waals surface area (Å²) in [7, 11) is -2.77. The Kier molecular flexibility index (Phi) is 7.19. The quantitative estimate of drug-likeness (QED) is 0.397. The van der Waals surface area contributed by atoms with Crippen LogP contribution >= 0.6 is 0 Å². The van der Waals surface area contributed by atoms with Crippen molar-refractivity contribution in [3.63, 3.8) is 0 Å². The van der Waals surface area contributed by atoms with Gasteiger partial charge in [0.1, 0.15) is 6.54 Å². The van der Waals surface area contributed by atoms with Gasteiger partial charge in [0.2, 0.25) is 10.0 Å². The van der Waals surface area contributed by atoms with Crippen molar-refractivity contribution in [1.29, 1.82) is 0 Å². The van der Waals surface area contributed by atoms with Crippen molar-refractivity contribution in [2.24, 2.45) is 0 Å². The van der Waals surface area contributed by atoms with Gasteiger partial charge in [0.25, 0.3) is 5.91 Å². The number of benzene rings is 2. The number of carbonyl (C=O) groups excluding carboxylic acids is 3. The lowest BCUT2D eigenvalue weighted by Gasteiger charge is -2.19. The van der Waals surface area contributed by atoms with Gasteiger partial charge in [-0.3, -0.25) is 19.4 Å². The molecule has 9 nitrogen and oxygen atoms in total. The topological polar surface area (TPSA) is 123 Å². The molecule has 33 heavy (non-hydrogen) atoms. The molecule has 0 bridgehead atoms. The van der Waals surface area contributed by atoms with E-state index in [2.05, 4.69) is 10.3 Å². The molecule has 1 N–H and O–H groups in total. The molecule has 1 atom stereocenters. The van der Waals surface area contributed by atoms with Gasteiger partial charge in [-0.05, 0) is 50.2 Å². The largest absolute Gasteiger partial charge is 0.452 e. The second kappa shape index (κ2) is 9.88. The number of pyridine rings is 1. The number of hydrogen-bond acceptors (Lipinski definition) is 7. The average molecular weight is 470 g/mol. The van der Waals surface area contributed by atoms with Crippen LogP contribution in [0.4, 0.5) is 5.69 Å². The molecule has 0 saturated carbocycles. The zero-order valence-corrected chi connectivity index (χ0v) is 19.1. The van der Waals surface area contributed by atoms with E-state index in [9.17, 15) is 22.8 Å². The highest BCUT2D eigenvalue weighted by atomic mass is 32.2. The molecule has 0 aliphatic rings. The molecular weight excluding hydrogens is 446 g/mol. The van der Waals surface area contributed by atoms with Crippen LogP contribution < -0.4 is 5.32 Å². The number of sulfonamides is 1. The fraction of sp³-hybridized carbons (Fsp3) is 0.217. The Balaban J connectivity index is 1.62. The fourth-order valence-electron chi connectivity index (χ4n) is 3.04. The lowest BCUT2D eigenvalue weighted by Crippen LogP contribution is -2.37. The second-order valence-corrected chi connectivity index (χ2v) is 9.38. The van der Waals surface area contributed by atoms with Gasteiger partial charge in [-0.2, -0.15) is 4.31 Å². The molecule has 0 saturated heterocycles. The summed E-state index contributed by atoms with van der Waals surface area (Å²) in [5.41, 5.74) is 1.59. The molecule has 10 heteroatoms. The van der Waals surface area contributed by atoms with Crippen LogP contribution in [0.15, 0.2) is 65.7 Å². The van der Waals surface area contributed by atoms with Crippen molar-refractivity contribution in [3.8, 4) is 0 Å². The molecule has 2 aromatic carbocycles. The molecule has 0 radical (unpaired) electrons. The number of ether oxygens (including phenoxy) is 1. The van der Waals surface area contributed by atoms with Crippen molar-refractivity contribution in [1.82, 2.24) is 9.29 Å². The zero-order valence-electron chi connectivity index (χ0n) is 18.3. The smallest absolute Gasteiger partial charge is 0.322 e. The Morgan fingerprint density at radius 1 is 1.06 bits per heavy atom. The number of fused-ring (bicyclic) bond motifs is 1. The zero-order chi connectivity index (χ0) is 24.2. The first-order valence-electron chi connectivity index (χ1n) is 10.0. The van der Waals surface area contributed by atoms with E-state index < -0.39 is 34.5 Å². The van der Waals surface area contributed by atoms with Crippen molar-refractivity contribution in [3.05, 3.63) is 66.4 Å². The van der Waals surface area contributed by atoms with Crippen LogP contribution in [0.2, 0.25) is 0 Å². The van der Waals surface area contributed by atoms with E-state index in [1.807, 2.05) is 0 Å². The van der Waals surface area contributed by atoms with E-state index in [0.717, 1.165) is 9.69 Å². The minimum atomic E-state index is -3.99. The molecule has 1 aromatic heterocycles. The summed E-state index contributed by atoms with van der Waals surface area (Å²) in [6.45, 7) is 2.18. The van der Waals surface area contributed by atoms with Crippen LogP contribution in [0.1, 0.15) is 24.2 Å². The number of carbonyl (C=O) groups is 3. The second-order valence-electron chi connectivity index (χ2n) is 7.34. The number of rotatable bonds is 8. The number of aromatic nitrogens is 1. The minimum Gasteiger partial charge on any atom is -0.452 e. The van der Waals surface area contributed by atoms with E-state index in [1.165, 1.54) is 45.2 Å². The van der Waals surface area contributed by atoms with Crippen LogP contribution in [-0.2, 0) is 24.3 Å². The van der Waals surface area contributed by atoms with Crippen LogP contribution in [0.3, 0.4) is 0 Å². The molecular formula is C23H23N3O6S. The average Bonchev–Trinajstić information content (AvgIpc) is 2.79. The lowest BCUT2D eigenvalue weighted by atomic mass is 10.2. The Bertz CT molecular complexity index is 1300. The first-order valence-corrected chi connectivity index (χ1v) is 11.4. The number of Topliss-reactive ketones (excluding diaryl/α,β-unsaturated/α-hetero) is 1. The molecule has 172 valence electrons.